The first-order valence-corrected chi connectivity index (χ1v) is 8.20. The monoisotopic (exact) mass is 352 g/mol. The van der Waals surface area contributed by atoms with Crippen molar-refractivity contribution in [2.24, 2.45) is 0 Å². The summed E-state index contributed by atoms with van der Waals surface area (Å²) in [7, 11) is 1.61. The number of carbonyl (C=O) groups excluding carboxylic acids is 1. The highest BCUT2D eigenvalue weighted by atomic mass is 16.5. The minimum atomic E-state index is -0.353. The summed E-state index contributed by atoms with van der Waals surface area (Å²) in [5, 5.41) is 16.2. The number of hydrogen-bond donors (Lipinski definition) is 2. The van der Waals surface area contributed by atoms with Gasteiger partial charge in [0.25, 0.3) is 5.91 Å². The zero-order chi connectivity index (χ0) is 18.4. The van der Waals surface area contributed by atoms with Gasteiger partial charge in [-0.2, -0.15) is 5.10 Å². The van der Waals surface area contributed by atoms with Crippen LogP contribution < -0.4 is 10.1 Å². The summed E-state index contributed by atoms with van der Waals surface area (Å²) < 4.78 is 6.68. The summed E-state index contributed by atoms with van der Waals surface area (Å²) in [6.45, 7) is 0.173. The third kappa shape index (κ3) is 3.89. The number of ether oxygens (including phenoxy) is 1. The average Bonchev–Trinajstić information content (AvgIpc) is 3.15. The average molecular weight is 352 g/mol. The van der Waals surface area contributed by atoms with Crippen LogP contribution in [0.3, 0.4) is 0 Å². The van der Waals surface area contributed by atoms with Gasteiger partial charge in [0.05, 0.1) is 26.3 Å². The van der Waals surface area contributed by atoms with Crippen LogP contribution in [0.15, 0.2) is 61.1 Å². The van der Waals surface area contributed by atoms with E-state index < -0.39 is 0 Å². The van der Waals surface area contributed by atoms with Crippen molar-refractivity contribution >= 4 is 5.91 Å². The molecule has 134 valence electrons. The van der Waals surface area contributed by atoms with Crippen molar-refractivity contribution in [3.63, 3.8) is 0 Å². The van der Waals surface area contributed by atoms with Gasteiger partial charge < -0.3 is 15.2 Å². The van der Waals surface area contributed by atoms with E-state index in [9.17, 15) is 4.79 Å². The first-order chi connectivity index (χ1) is 12.7. The Morgan fingerprint density at radius 3 is 2.46 bits per heavy atom. The molecule has 26 heavy (non-hydrogen) atoms. The highest BCUT2D eigenvalue weighted by Gasteiger charge is 2.20. The van der Waals surface area contributed by atoms with Crippen molar-refractivity contribution in [2.45, 2.75) is 12.6 Å². The van der Waals surface area contributed by atoms with E-state index >= 15 is 0 Å². The molecule has 0 aliphatic rings. The summed E-state index contributed by atoms with van der Waals surface area (Å²) in [5.41, 5.74) is 2.22. The molecule has 3 aromatic rings. The number of rotatable bonds is 7. The molecular formula is C19H20N4O3. The van der Waals surface area contributed by atoms with Crippen LogP contribution >= 0.6 is 0 Å². The van der Waals surface area contributed by atoms with Crippen LogP contribution in [0, 0.1) is 0 Å². The number of aromatic nitrogens is 3. The molecule has 0 aliphatic heterocycles. The smallest absolute Gasteiger partial charge is 0.270 e. The van der Waals surface area contributed by atoms with Gasteiger partial charge in [-0.15, -0.1) is 0 Å². The number of carbonyl (C=O) groups is 1. The van der Waals surface area contributed by atoms with Crippen molar-refractivity contribution in [1.82, 2.24) is 20.1 Å². The Morgan fingerprint density at radius 1 is 1.12 bits per heavy atom. The van der Waals surface area contributed by atoms with Gasteiger partial charge in [-0.25, -0.2) is 0 Å². The zero-order valence-corrected chi connectivity index (χ0v) is 14.4. The maximum absolute atomic E-state index is 12.8. The predicted octanol–water partition coefficient (Wildman–Crippen LogP) is 1.80. The number of benzene rings is 1. The van der Waals surface area contributed by atoms with E-state index in [1.54, 1.807) is 31.8 Å². The summed E-state index contributed by atoms with van der Waals surface area (Å²) >= 11 is 0. The highest BCUT2D eigenvalue weighted by Crippen LogP contribution is 2.24. The molecule has 3 rings (SSSR count). The second kappa shape index (κ2) is 8.26. The fourth-order valence-electron chi connectivity index (χ4n) is 2.71. The maximum atomic E-state index is 12.8. The lowest BCUT2D eigenvalue weighted by atomic mass is 9.99. The predicted molar refractivity (Wildman–Crippen MR) is 95.9 cm³/mol. The summed E-state index contributed by atoms with van der Waals surface area (Å²) in [6.07, 6.45) is 4.92. The van der Waals surface area contributed by atoms with Crippen molar-refractivity contribution in [1.29, 1.82) is 0 Å². The van der Waals surface area contributed by atoms with E-state index in [2.05, 4.69) is 15.4 Å². The number of hydrogen-bond acceptors (Lipinski definition) is 5. The SMILES string of the molecule is COc1ccc([C@H](NC(=O)c2ccnn2CCO)c2ccncc2)cc1. The van der Waals surface area contributed by atoms with Gasteiger partial charge in [-0.3, -0.25) is 14.5 Å². The normalized spacial score (nSPS) is 11.8. The van der Waals surface area contributed by atoms with Gasteiger partial charge in [0, 0.05) is 18.6 Å². The summed E-state index contributed by atoms with van der Waals surface area (Å²) in [6, 6.07) is 12.5. The molecule has 0 saturated carbocycles. The molecule has 7 nitrogen and oxygen atoms in total. The van der Waals surface area contributed by atoms with Crippen molar-refractivity contribution in [3.05, 3.63) is 77.9 Å². The number of nitrogens with zero attached hydrogens (tertiary/aromatic N) is 3. The Bertz CT molecular complexity index is 847. The minimum Gasteiger partial charge on any atom is -0.497 e. The lowest BCUT2D eigenvalue weighted by Crippen LogP contribution is -2.31. The lowest BCUT2D eigenvalue weighted by molar-refractivity contribution is 0.0930. The second-order valence-corrected chi connectivity index (χ2v) is 5.62. The molecule has 0 saturated heterocycles. The molecule has 2 heterocycles. The van der Waals surface area contributed by atoms with E-state index in [1.165, 1.54) is 4.68 Å². The molecule has 0 bridgehead atoms. The van der Waals surface area contributed by atoms with Gasteiger partial charge in [0.15, 0.2) is 0 Å². The molecule has 1 aromatic carbocycles. The minimum absolute atomic E-state index is 0.0891. The topological polar surface area (TPSA) is 89.3 Å². The Hall–Kier alpha value is -3.19. The second-order valence-electron chi connectivity index (χ2n) is 5.62. The standard InChI is InChI=1S/C19H20N4O3/c1-26-16-4-2-14(3-5-16)18(15-6-9-20-10-7-15)22-19(25)17-8-11-21-23(17)12-13-24/h2-11,18,24H,12-13H2,1H3,(H,22,25)/t18-/m0/s1. The van der Waals surface area contributed by atoms with E-state index in [0.29, 0.717) is 5.69 Å². The van der Waals surface area contributed by atoms with Crippen LogP contribution in [0.5, 0.6) is 5.75 Å². The quantitative estimate of drug-likeness (QED) is 0.677. The van der Waals surface area contributed by atoms with E-state index in [4.69, 9.17) is 9.84 Å². The highest BCUT2D eigenvalue weighted by molar-refractivity contribution is 5.93. The number of methoxy groups -OCH3 is 1. The fourth-order valence-corrected chi connectivity index (χ4v) is 2.71. The third-order valence-corrected chi connectivity index (χ3v) is 4.02. The van der Waals surface area contributed by atoms with Crippen LogP contribution in [-0.2, 0) is 6.54 Å². The third-order valence-electron chi connectivity index (χ3n) is 4.02. The number of amides is 1. The van der Waals surface area contributed by atoms with Crippen LogP contribution in [-0.4, -0.2) is 39.5 Å². The first kappa shape index (κ1) is 17.6. The molecule has 0 radical (unpaired) electrons. The first-order valence-electron chi connectivity index (χ1n) is 8.20. The molecule has 0 fully saturated rings. The fraction of sp³-hybridized carbons (Fsp3) is 0.211. The van der Waals surface area contributed by atoms with E-state index in [-0.39, 0.29) is 25.1 Å². The van der Waals surface area contributed by atoms with Crippen LogP contribution in [0.25, 0.3) is 0 Å². The zero-order valence-electron chi connectivity index (χ0n) is 14.4. The molecule has 7 heteroatoms. The summed E-state index contributed by atoms with van der Waals surface area (Å²) in [5.74, 6) is 0.475. The lowest BCUT2D eigenvalue weighted by Gasteiger charge is -2.20. The Balaban J connectivity index is 1.90. The van der Waals surface area contributed by atoms with Crippen LogP contribution in [0.1, 0.15) is 27.7 Å². The van der Waals surface area contributed by atoms with Gasteiger partial charge >= 0.3 is 0 Å². The number of nitrogens with one attached hydrogen (secondary N) is 1. The molecule has 0 aliphatic carbocycles. The molecule has 1 amide bonds. The van der Waals surface area contributed by atoms with Crippen molar-refractivity contribution in [2.75, 3.05) is 13.7 Å². The Morgan fingerprint density at radius 2 is 1.81 bits per heavy atom. The van der Waals surface area contributed by atoms with E-state index in [1.807, 2.05) is 36.4 Å². The molecule has 0 unspecified atom stereocenters. The van der Waals surface area contributed by atoms with Gasteiger partial charge in [-0.05, 0) is 41.5 Å². The van der Waals surface area contributed by atoms with E-state index in [0.717, 1.165) is 16.9 Å². The van der Waals surface area contributed by atoms with Gasteiger partial charge in [-0.1, -0.05) is 12.1 Å². The number of pyridine rings is 1. The summed E-state index contributed by atoms with van der Waals surface area (Å²) in [4.78, 5) is 16.8. The van der Waals surface area contributed by atoms with Gasteiger partial charge in [0.2, 0.25) is 0 Å². The molecule has 2 N–H and O–H groups in total. The molecule has 1 atom stereocenters. The Labute approximate surface area is 151 Å². The largest absolute Gasteiger partial charge is 0.497 e. The molecule has 2 aromatic heterocycles. The number of aliphatic hydroxyl groups is 1. The number of aliphatic hydroxyl groups excluding tert-OH is 1. The maximum Gasteiger partial charge on any atom is 0.270 e. The Kier molecular flexibility index (Phi) is 5.60. The molecular weight excluding hydrogens is 332 g/mol. The van der Waals surface area contributed by atoms with Crippen LogP contribution in [0.4, 0.5) is 0 Å². The van der Waals surface area contributed by atoms with Crippen LogP contribution in [0.2, 0.25) is 0 Å². The molecule has 0 spiro atoms. The van der Waals surface area contributed by atoms with Crippen molar-refractivity contribution < 1.29 is 14.6 Å². The van der Waals surface area contributed by atoms with Crippen molar-refractivity contribution in [3.8, 4) is 5.75 Å². The van der Waals surface area contributed by atoms with Gasteiger partial charge in [0.1, 0.15) is 11.4 Å².